The highest BCUT2D eigenvalue weighted by Crippen LogP contribution is 2.26. The molecule has 1 aromatic heterocycles. The van der Waals surface area contributed by atoms with Crippen LogP contribution in [0.2, 0.25) is 0 Å². The summed E-state index contributed by atoms with van der Waals surface area (Å²) in [4.78, 5) is 16.2. The molecule has 0 radical (unpaired) electrons. The van der Waals surface area contributed by atoms with Gasteiger partial charge in [0.2, 0.25) is 0 Å². The van der Waals surface area contributed by atoms with Crippen LogP contribution in [0.3, 0.4) is 0 Å². The molecule has 0 aliphatic rings. The van der Waals surface area contributed by atoms with Gasteiger partial charge in [-0.05, 0) is 18.1 Å². The molecule has 0 saturated carbocycles. The Morgan fingerprint density at radius 1 is 1.09 bits per heavy atom. The molecule has 0 aliphatic carbocycles. The van der Waals surface area contributed by atoms with Crippen molar-refractivity contribution < 1.29 is 9.53 Å². The number of esters is 1. The number of hydrogen-bond donors (Lipinski definition) is 0. The highest BCUT2D eigenvalue weighted by molar-refractivity contribution is 5.70. The van der Waals surface area contributed by atoms with E-state index in [0.717, 1.165) is 11.1 Å². The van der Waals surface area contributed by atoms with Crippen LogP contribution < -0.4 is 0 Å². The number of carbonyl (C=O) groups excluding carboxylic acids is 1. The lowest BCUT2D eigenvalue weighted by Crippen LogP contribution is -2.17. The molecule has 3 aromatic rings. The summed E-state index contributed by atoms with van der Waals surface area (Å²) in [7, 11) is 0. The first-order valence-electron chi connectivity index (χ1n) is 7.49. The molecule has 116 valence electrons. The molecule has 0 spiro atoms. The average molecular weight is 306 g/mol. The maximum atomic E-state index is 12.3. The summed E-state index contributed by atoms with van der Waals surface area (Å²) in [5.74, 6) is -0.294. The van der Waals surface area contributed by atoms with Crippen LogP contribution in [0.15, 0.2) is 73.3 Å². The minimum Gasteiger partial charge on any atom is -0.451 e. The predicted molar refractivity (Wildman–Crippen MR) is 87.8 cm³/mol. The molecule has 0 amide bonds. The Balaban J connectivity index is 1.83. The van der Waals surface area contributed by atoms with Gasteiger partial charge in [-0.2, -0.15) is 0 Å². The van der Waals surface area contributed by atoms with Crippen molar-refractivity contribution in [1.29, 1.82) is 0 Å². The maximum absolute atomic E-state index is 12.3. The van der Waals surface area contributed by atoms with Crippen LogP contribution >= 0.6 is 0 Å². The van der Waals surface area contributed by atoms with Crippen LogP contribution in [0, 0.1) is 6.92 Å². The van der Waals surface area contributed by atoms with Gasteiger partial charge in [0.1, 0.15) is 6.54 Å². The molecule has 0 bridgehead atoms. The standard InChI is InChI=1S/C19H18N2O2/c1-15-7-9-17(10-8-15)19(16-5-3-2-4-6-16)23-18(22)13-21-12-11-20-14-21/h2-12,14,19H,13H2,1H3/t19-/m0/s1. The van der Waals surface area contributed by atoms with Gasteiger partial charge in [0.25, 0.3) is 0 Å². The summed E-state index contributed by atoms with van der Waals surface area (Å²) in [6.07, 6.45) is 4.57. The van der Waals surface area contributed by atoms with E-state index in [1.807, 2.05) is 61.5 Å². The molecule has 23 heavy (non-hydrogen) atoms. The van der Waals surface area contributed by atoms with Crippen molar-refractivity contribution in [2.75, 3.05) is 0 Å². The number of ether oxygens (including phenoxy) is 1. The molecule has 4 heteroatoms. The number of benzene rings is 2. The summed E-state index contributed by atoms with van der Waals surface area (Å²) in [6.45, 7) is 2.18. The van der Waals surface area contributed by atoms with Crippen LogP contribution in [-0.2, 0) is 16.1 Å². The van der Waals surface area contributed by atoms with E-state index in [2.05, 4.69) is 4.98 Å². The molecule has 0 saturated heterocycles. The Morgan fingerprint density at radius 3 is 2.43 bits per heavy atom. The van der Waals surface area contributed by atoms with Crippen LogP contribution in [0.5, 0.6) is 0 Å². The molecule has 1 atom stereocenters. The molecule has 2 aromatic carbocycles. The second-order valence-corrected chi connectivity index (χ2v) is 5.43. The molecular weight excluding hydrogens is 288 g/mol. The van der Waals surface area contributed by atoms with E-state index in [-0.39, 0.29) is 12.5 Å². The Morgan fingerprint density at radius 2 is 1.78 bits per heavy atom. The zero-order chi connectivity index (χ0) is 16.1. The van der Waals surface area contributed by atoms with Crippen molar-refractivity contribution >= 4 is 5.97 Å². The fraction of sp³-hybridized carbons (Fsp3) is 0.158. The highest BCUT2D eigenvalue weighted by Gasteiger charge is 2.19. The summed E-state index contributed by atoms with van der Waals surface area (Å²) in [6, 6.07) is 17.8. The van der Waals surface area contributed by atoms with Crippen LogP contribution in [0.4, 0.5) is 0 Å². The topological polar surface area (TPSA) is 44.1 Å². The van der Waals surface area contributed by atoms with Crippen LogP contribution in [0.1, 0.15) is 22.8 Å². The number of nitrogens with zero attached hydrogens (tertiary/aromatic N) is 2. The monoisotopic (exact) mass is 306 g/mol. The van der Waals surface area contributed by atoms with E-state index in [0.29, 0.717) is 0 Å². The third kappa shape index (κ3) is 3.86. The van der Waals surface area contributed by atoms with Crippen molar-refractivity contribution in [1.82, 2.24) is 9.55 Å². The molecule has 3 rings (SSSR count). The third-order valence-corrected chi connectivity index (χ3v) is 3.60. The number of rotatable bonds is 5. The Kier molecular flexibility index (Phi) is 4.52. The Bertz CT molecular complexity index is 750. The van der Waals surface area contributed by atoms with E-state index in [4.69, 9.17) is 4.74 Å². The predicted octanol–water partition coefficient (Wildman–Crippen LogP) is 3.52. The number of hydrogen-bond acceptors (Lipinski definition) is 3. The van der Waals surface area contributed by atoms with Gasteiger partial charge < -0.3 is 9.30 Å². The summed E-state index contributed by atoms with van der Waals surface area (Å²) in [5.41, 5.74) is 3.08. The smallest absolute Gasteiger partial charge is 0.326 e. The van der Waals surface area contributed by atoms with Crippen molar-refractivity contribution in [3.05, 3.63) is 90.0 Å². The fourth-order valence-electron chi connectivity index (χ4n) is 2.40. The minimum atomic E-state index is -0.409. The van der Waals surface area contributed by atoms with E-state index in [1.54, 1.807) is 23.3 Å². The first-order chi connectivity index (χ1) is 11.2. The average Bonchev–Trinajstić information content (AvgIpc) is 3.07. The first kappa shape index (κ1) is 15.0. The maximum Gasteiger partial charge on any atom is 0.326 e. The SMILES string of the molecule is Cc1ccc([C@@H](OC(=O)Cn2ccnc2)c2ccccc2)cc1. The molecule has 0 unspecified atom stereocenters. The number of carbonyl (C=O) groups is 1. The van der Waals surface area contributed by atoms with Crippen LogP contribution in [-0.4, -0.2) is 15.5 Å². The van der Waals surface area contributed by atoms with Gasteiger partial charge in [0, 0.05) is 12.4 Å². The lowest BCUT2D eigenvalue weighted by molar-refractivity contribution is -0.148. The lowest BCUT2D eigenvalue weighted by Gasteiger charge is -2.19. The molecular formula is C19H18N2O2. The van der Waals surface area contributed by atoms with Crippen molar-refractivity contribution in [3.8, 4) is 0 Å². The molecule has 0 N–H and O–H groups in total. The highest BCUT2D eigenvalue weighted by atomic mass is 16.5. The largest absolute Gasteiger partial charge is 0.451 e. The summed E-state index contributed by atoms with van der Waals surface area (Å²) < 4.78 is 7.44. The fourth-order valence-corrected chi connectivity index (χ4v) is 2.40. The summed E-state index contributed by atoms with van der Waals surface area (Å²) in [5, 5.41) is 0. The van der Waals surface area contributed by atoms with E-state index in [1.165, 1.54) is 5.56 Å². The molecule has 1 heterocycles. The van der Waals surface area contributed by atoms with Gasteiger partial charge in [0.15, 0.2) is 6.10 Å². The third-order valence-electron chi connectivity index (χ3n) is 3.60. The second kappa shape index (κ2) is 6.92. The summed E-state index contributed by atoms with van der Waals surface area (Å²) >= 11 is 0. The molecule has 0 fully saturated rings. The molecule has 4 nitrogen and oxygen atoms in total. The number of imidazole rings is 1. The first-order valence-corrected chi connectivity index (χ1v) is 7.49. The Hall–Kier alpha value is -2.88. The second-order valence-electron chi connectivity index (χ2n) is 5.43. The van der Waals surface area contributed by atoms with Gasteiger partial charge in [-0.25, -0.2) is 4.98 Å². The van der Waals surface area contributed by atoms with Crippen LogP contribution in [0.25, 0.3) is 0 Å². The zero-order valence-corrected chi connectivity index (χ0v) is 12.9. The van der Waals surface area contributed by atoms with E-state index < -0.39 is 6.10 Å². The van der Waals surface area contributed by atoms with Crippen molar-refractivity contribution in [3.63, 3.8) is 0 Å². The van der Waals surface area contributed by atoms with Gasteiger partial charge in [-0.3, -0.25) is 4.79 Å². The quantitative estimate of drug-likeness (QED) is 0.677. The van der Waals surface area contributed by atoms with E-state index in [9.17, 15) is 4.79 Å². The normalized spacial score (nSPS) is 11.9. The van der Waals surface area contributed by atoms with Crippen molar-refractivity contribution in [2.24, 2.45) is 0 Å². The Labute approximate surface area is 135 Å². The number of aromatic nitrogens is 2. The van der Waals surface area contributed by atoms with Gasteiger partial charge in [-0.15, -0.1) is 0 Å². The minimum absolute atomic E-state index is 0.148. The molecule has 0 aliphatic heterocycles. The van der Waals surface area contributed by atoms with Crippen molar-refractivity contribution in [2.45, 2.75) is 19.6 Å². The lowest BCUT2D eigenvalue weighted by atomic mass is 10.0. The number of aryl methyl sites for hydroxylation is 1. The zero-order valence-electron chi connectivity index (χ0n) is 12.9. The van der Waals surface area contributed by atoms with E-state index >= 15 is 0 Å². The van der Waals surface area contributed by atoms with Gasteiger partial charge >= 0.3 is 5.97 Å². The van der Waals surface area contributed by atoms with Gasteiger partial charge in [0.05, 0.1) is 6.33 Å². The van der Waals surface area contributed by atoms with Gasteiger partial charge in [-0.1, -0.05) is 60.2 Å².